The lowest BCUT2D eigenvalue weighted by Gasteiger charge is -2.06. The van der Waals surface area contributed by atoms with Gasteiger partial charge in [-0.1, -0.05) is 6.07 Å². The van der Waals surface area contributed by atoms with Crippen molar-refractivity contribution in [2.75, 3.05) is 12.5 Å². The number of hydrogen-bond donors (Lipinski definition) is 0. The Morgan fingerprint density at radius 3 is 2.94 bits per heavy atom. The zero-order valence-electron chi connectivity index (χ0n) is 9.73. The van der Waals surface area contributed by atoms with Gasteiger partial charge in [-0.25, -0.2) is 0 Å². The lowest BCUT2D eigenvalue weighted by Crippen LogP contribution is -1.97. The van der Waals surface area contributed by atoms with Gasteiger partial charge in [-0.05, 0) is 37.5 Å². The van der Waals surface area contributed by atoms with Gasteiger partial charge in [0.05, 0.1) is 12.1 Å². The average molecular weight is 250 g/mol. The first-order chi connectivity index (χ1) is 8.40. The normalized spacial score (nSPS) is 10.6. The summed E-state index contributed by atoms with van der Waals surface area (Å²) in [5.74, 6) is 1.63. The molecule has 2 aromatic rings. The lowest BCUT2D eigenvalue weighted by atomic mass is 10.2. The Balaban J connectivity index is 1.90. The maximum Gasteiger partial charge on any atom is 0.121 e. The van der Waals surface area contributed by atoms with E-state index in [0.29, 0.717) is 0 Å². The van der Waals surface area contributed by atoms with Gasteiger partial charge in [-0.2, -0.15) is 0 Å². The Hall–Kier alpha value is -1.28. The summed E-state index contributed by atoms with van der Waals surface area (Å²) in [6.07, 6.45) is 5.03. The van der Waals surface area contributed by atoms with Crippen molar-refractivity contribution in [2.24, 2.45) is 0 Å². The zero-order valence-corrected chi connectivity index (χ0v) is 10.5. The van der Waals surface area contributed by atoms with Crippen molar-refractivity contribution in [2.45, 2.75) is 19.3 Å². The summed E-state index contributed by atoms with van der Waals surface area (Å²) >= 11 is 5.61. The topological polar surface area (TPSA) is 22.1 Å². The number of nitrogens with zero attached hydrogens (tertiary/aromatic N) is 1. The predicted molar refractivity (Wildman–Crippen MR) is 71.8 cm³/mol. The van der Waals surface area contributed by atoms with Crippen LogP contribution in [0.1, 0.15) is 19.3 Å². The minimum atomic E-state index is 0.736. The van der Waals surface area contributed by atoms with Crippen LogP contribution in [0.25, 0.3) is 10.9 Å². The van der Waals surface area contributed by atoms with Crippen LogP contribution in [0, 0.1) is 0 Å². The van der Waals surface area contributed by atoms with E-state index in [1.54, 1.807) is 6.20 Å². The van der Waals surface area contributed by atoms with E-state index in [1.165, 1.54) is 0 Å². The van der Waals surface area contributed by atoms with Crippen LogP contribution in [0.5, 0.6) is 5.75 Å². The van der Waals surface area contributed by atoms with Gasteiger partial charge in [-0.15, -0.1) is 11.6 Å². The molecule has 2 nitrogen and oxygen atoms in total. The van der Waals surface area contributed by atoms with Crippen LogP contribution in [-0.2, 0) is 0 Å². The largest absolute Gasteiger partial charge is 0.494 e. The summed E-state index contributed by atoms with van der Waals surface area (Å²) in [6, 6.07) is 10.0. The number of halogens is 1. The number of benzene rings is 1. The predicted octanol–water partition coefficient (Wildman–Crippen LogP) is 4.02. The van der Waals surface area contributed by atoms with Gasteiger partial charge in [0.2, 0.25) is 0 Å². The van der Waals surface area contributed by atoms with Crippen molar-refractivity contribution in [3.8, 4) is 5.75 Å². The molecule has 0 amide bonds. The maximum atomic E-state index is 5.68. The number of ether oxygens (including phenoxy) is 1. The second-order valence-electron chi connectivity index (χ2n) is 3.96. The van der Waals surface area contributed by atoms with Crippen molar-refractivity contribution >= 4 is 22.5 Å². The van der Waals surface area contributed by atoms with Crippen molar-refractivity contribution in [1.29, 1.82) is 0 Å². The summed E-state index contributed by atoms with van der Waals surface area (Å²) in [5, 5.41) is 1.14. The molecule has 0 unspecified atom stereocenters. The highest BCUT2D eigenvalue weighted by Gasteiger charge is 1.97. The molecule has 0 radical (unpaired) electrons. The monoisotopic (exact) mass is 249 g/mol. The molecule has 0 aliphatic rings. The molecule has 0 saturated heterocycles. The molecule has 3 heteroatoms. The Morgan fingerprint density at radius 2 is 2.06 bits per heavy atom. The first-order valence-electron chi connectivity index (χ1n) is 5.94. The SMILES string of the molecule is ClCCCCCOc1ccc2cccnc2c1. The molecule has 0 atom stereocenters. The molecule has 90 valence electrons. The third kappa shape index (κ3) is 3.60. The molecule has 0 aliphatic carbocycles. The molecular weight excluding hydrogens is 234 g/mol. The van der Waals surface area contributed by atoms with E-state index in [1.807, 2.05) is 30.3 Å². The quantitative estimate of drug-likeness (QED) is 0.570. The van der Waals surface area contributed by atoms with Crippen LogP contribution >= 0.6 is 11.6 Å². The smallest absolute Gasteiger partial charge is 0.121 e. The second-order valence-corrected chi connectivity index (χ2v) is 4.33. The molecule has 2 rings (SSSR count). The van der Waals surface area contributed by atoms with E-state index in [-0.39, 0.29) is 0 Å². The summed E-state index contributed by atoms with van der Waals surface area (Å²) in [5.41, 5.74) is 0.978. The number of aromatic nitrogens is 1. The Labute approximate surface area is 107 Å². The van der Waals surface area contributed by atoms with Crippen molar-refractivity contribution < 1.29 is 4.74 Å². The number of fused-ring (bicyclic) bond motifs is 1. The number of alkyl halides is 1. The zero-order chi connectivity index (χ0) is 11.9. The van der Waals surface area contributed by atoms with E-state index in [0.717, 1.165) is 48.4 Å². The van der Waals surface area contributed by atoms with Crippen molar-refractivity contribution in [3.05, 3.63) is 36.5 Å². The van der Waals surface area contributed by atoms with Gasteiger partial charge in [0, 0.05) is 23.5 Å². The molecule has 0 spiro atoms. The summed E-state index contributed by atoms with van der Waals surface area (Å²) < 4.78 is 5.68. The standard InChI is InChI=1S/C14H16ClNO/c15-8-2-1-3-10-17-13-7-6-12-5-4-9-16-14(12)11-13/h4-7,9,11H,1-3,8,10H2. The van der Waals surface area contributed by atoms with Gasteiger partial charge in [0.25, 0.3) is 0 Å². The highest BCUT2D eigenvalue weighted by atomic mass is 35.5. The Bertz CT molecular complexity index is 472. The third-order valence-corrected chi connectivity index (χ3v) is 2.89. The van der Waals surface area contributed by atoms with Gasteiger partial charge < -0.3 is 4.74 Å². The molecule has 1 aromatic carbocycles. The highest BCUT2D eigenvalue weighted by Crippen LogP contribution is 2.18. The Kier molecular flexibility index (Phi) is 4.63. The van der Waals surface area contributed by atoms with Crippen LogP contribution in [0.15, 0.2) is 36.5 Å². The molecule has 1 aromatic heterocycles. The van der Waals surface area contributed by atoms with Crippen molar-refractivity contribution in [3.63, 3.8) is 0 Å². The molecular formula is C14H16ClNO. The maximum absolute atomic E-state index is 5.68. The molecule has 0 aliphatic heterocycles. The molecule has 0 saturated carbocycles. The Morgan fingerprint density at radius 1 is 1.12 bits per heavy atom. The van der Waals surface area contributed by atoms with Crippen LogP contribution in [0.2, 0.25) is 0 Å². The minimum Gasteiger partial charge on any atom is -0.494 e. The molecule has 1 heterocycles. The van der Waals surface area contributed by atoms with Crippen molar-refractivity contribution in [1.82, 2.24) is 4.98 Å². The third-order valence-electron chi connectivity index (χ3n) is 2.62. The van der Waals surface area contributed by atoms with E-state index in [4.69, 9.17) is 16.3 Å². The van der Waals surface area contributed by atoms with E-state index < -0.39 is 0 Å². The van der Waals surface area contributed by atoms with Crippen LogP contribution in [0.3, 0.4) is 0 Å². The van der Waals surface area contributed by atoms with Gasteiger partial charge in [0.15, 0.2) is 0 Å². The summed E-state index contributed by atoms with van der Waals surface area (Å²) in [7, 11) is 0. The van der Waals surface area contributed by atoms with E-state index in [9.17, 15) is 0 Å². The lowest BCUT2D eigenvalue weighted by molar-refractivity contribution is 0.307. The fourth-order valence-electron chi connectivity index (χ4n) is 1.70. The number of unbranched alkanes of at least 4 members (excludes halogenated alkanes) is 2. The highest BCUT2D eigenvalue weighted by molar-refractivity contribution is 6.17. The number of pyridine rings is 1. The summed E-state index contributed by atoms with van der Waals surface area (Å²) in [6.45, 7) is 0.745. The molecule has 17 heavy (non-hydrogen) atoms. The van der Waals surface area contributed by atoms with Gasteiger partial charge >= 0.3 is 0 Å². The fourth-order valence-corrected chi connectivity index (χ4v) is 1.89. The van der Waals surface area contributed by atoms with E-state index >= 15 is 0 Å². The summed E-state index contributed by atoms with van der Waals surface area (Å²) in [4.78, 5) is 4.30. The average Bonchev–Trinajstić information content (AvgIpc) is 2.38. The first-order valence-corrected chi connectivity index (χ1v) is 6.47. The first kappa shape index (κ1) is 12.2. The molecule has 0 fully saturated rings. The van der Waals surface area contributed by atoms with Crippen LogP contribution in [0.4, 0.5) is 0 Å². The van der Waals surface area contributed by atoms with Gasteiger partial charge in [0.1, 0.15) is 5.75 Å². The fraction of sp³-hybridized carbons (Fsp3) is 0.357. The number of hydrogen-bond acceptors (Lipinski definition) is 2. The van der Waals surface area contributed by atoms with E-state index in [2.05, 4.69) is 4.98 Å². The second kappa shape index (κ2) is 6.45. The molecule has 0 N–H and O–H groups in total. The van der Waals surface area contributed by atoms with Crippen LogP contribution in [-0.4, -0.2) is 17.5 Å². The van der Waals surface area contributed by atoms with Gasteiger partial charge in [-0.3, -0.25) is 4.98 Å². The van der Waals surface area contributed by atoms with Crippen LogP contribution < -0.4 is 4.74 Å². The molecule has 0 bridgehead atoms. The minimum absolute atomic E-state index is 0.736. The number of rotatable bonds is 6.